The van der Waals surface area contributed by atoms with Crippen LogP contribution in [0.15, 0.2) is 0 Å². The van der Waals surface area contributed by atoms with Crippen molar-refractivity contribution < 1.29 is 18.3 Å². The molecule has 1 unspecified atom stereocenters. The molecule has 1 saturated carbocycles. The molecule has 1 atom stereocenters. The molecule has 0 aromatic heterocycles. The molecule has 0 aromatic carbocycles. The molecule has 6 nitrogen and oxygen atoms in total. The zero-order valence-corrected chi connectivity index (χ0v) is 11.9. The van der Waals surface area contributed by atoms with Crippen molar-refractivity contribution in [2.75, 3.05) is 18.8 Å². The lowest BCUT2D eigenvalue weighted by atomic mass is 9.84. The number of hydrogen-bond acceptors (Lipinski definition) is 4. The third-order valence-electron chi connectivity index (χ3n) is 4.03. The standard InChI is InChI=1S/C12H22N2O4S/c13-19(17,18)8-10-6-11(15)14(7-10)9-12(16)4-2-1-3-5-12/h10,16H,1-9H2,(H2,13,17,18). The summed E-state index contributed by atoms with van der Waals surface area (Å²) < 4.78 is 22.1. The molecule has 0 spiro atoms. The van der Waals surface area contributed by atoms with Gasteiger partial charge in [-0.15, -0.1) is 0 Å². The van der Waals surface area contributed by atoms with Crippen LogP contribution in [0, 0.1) is 5.92 Å². The third kappa shape index (κ3) is 4.15. The van der Waals surface area contributed by atoms with Crippen LogP contribution in [0.1, 0.15) is 38.5 Å². The summed E-state index contributed by atoms with van der Waals surface area (Å²) in [6, 6.07) is 0. The number of carbonyl (C=O) groups excluding carboxylic acids is 1. The molecule has 1 saturated heterocycles. The number of nitrogens with zero attached hydrogens (tertiary/aromatic N) is 1. The van der Waals surface area contributed by atoms with Gasteiger partial charge in [0.25, 0.3) is 0 Å². The van der Waals surface area contributed by atoms with Gasteiger partial charge in [0.1, 0.15) is 0 Å². The molecule has 19 heavy (non-hydrogen) atoms. The molecule has 0 bridgehead atoms. The number of carbonyl (C=O) groups is 1. The Bertz CT molecular complexity index is 443. The van der Waals surface area contributed by atoms with Crippen molar-refractivity contribution in [3.05, 3.63) is 0 Å². The van der Waals surface area contributed by atoms with Gasteiger partial charge in [-0.3, -0.25) is 4.79 Å². The second kappa shape index (κ2) is 5.38. The van der Waals surface area contributed by atoms with Crippen LogP contribution in [0.3, 0.4) is 0 Å². The second-order valence-corrected chi connectivity index (χ2v) is 7.62. The van der Waals surface area contributed by atoms with Gasteiger partial charge in [-0.2, -0.15) is 0 Å². The first-order chi connectivity index (χ1) is 8.77. The van der Waals surface area contributed by atoms with Gasteiger partial charge in [0.15, 0.2) is 0 Å². The van der Waals surface area contributed by atoms with Crippen molar-refractivity contribution in [1.82, 2.24) is 4.90 Å². The Morgan fingerprint density at radius 1 is 1.32 bits per heavy atom. The molecule has 3 N–H and O–H groups in total. The summed E-state index contributed by atoms with van der Waals surface area (Å²) in [4.78, 5) is 13.5. The quantitative estimate of drug-likeness (QED) is 0.750. The van der Waals surface area contributed by atoms with E-state index in [2.05, 4.69) is 0 Å². The Kier molecular flexibility index (Phi) is 4.17. The van der Waals surface area contributed by atoms with E-state index in [9.17, 15) is 18.3 Å². The molecule has 2 rings (SSSR count). The zero-order valence-electron chi connectivity index (χ0n) is 11.0. The van der Waals surface area contributed by atoms with Gasteiger partial charge in [0.2, 0.25) is 15.9 Å². The Labute approximate surface area is 114 Å². The number of primary sulfonamides is 1. The smallest absolute Gasteiger partial charge is 0.223 e. The maximum Gasteiger partial charge on any atom is 0.223 e. The highest BCUT2D eigenvalue weighted by Gasteiger charge is 2.38. The number of rotatable bonds is 4. The maximum absolute atomic E-state index is 11.9. The first-order valence-corrected chi connectivity index (χ1v) is 8.50. The fraction of sp³-hybridized carbons (Fsp3) is 0.917. The van der Waals surface area contributed by atoms with Crippen molar-refractivity contribution in [3.63, 3.8) is 0 Å². The number of nitrogens with two attached hydrogens (primary N) is 1. The number of amides is 1. The highest BCUT2D eigenvalue weighted by Crippen LogP contribution is 2.31. The summed E-state index contributed by atoms with van der Waals surface area (Å²) in [5, 5.41) is 15.4. The third-order valence-corrected chi connectivity index (χ3v) is 4.97. The van der Waals surface area contributed by atoms with E-state index in [-0.39, 0.29) is 24.0 Å². The molecule has 1 amide bonds. The van der Waals surface area contributed by atoms with Crippen LogP contribution in [-0.4, -0.2) is 48.8 Å². The van der Waals surface area contributed by atoms with E-state index >= 15 is 0 Å². The van der Waals surface area contributed by atoms with Gasteiger partial charge in [-0.25, -0.2) is 13.6 Å². The van der Waals surface area contributed by atoms with E-state index in [1.807, 2.05) is 0 Å². The Hall–Kier alpha value is -0.660. The lowest BCUT2D eigenvalue weighted by Gasteiger charge is -2.35. The van der Waals surface area contributed by atoms with Crippen LogP contribution < -0.4 is 5.14 Å². The number of β-amino-alcohol motifs (C(OH)–C–C–N with tert-alkyl or cyclic N) is 1. The number of aliphatic hydroxyl groups is 1. The average Bonchev–Trinajstić information content (AvgIpc) is 2.56. The fourth-order valence-electron chi connectivity index (χ4n) is 3.17. The second-order valence-electron chi connectivity index (χ2n) is 5.96. The highest BCUT2D eigenvalue weighted by atomic mass is 32.2. The van der Waals surface area contributed by atoms with Crippen LogP contribution in [0.2, 0.25) is 0 Å². The molecule has 110 valence electrons. The minimum absolute atomic E-state index is 0.0763. The van der Waals surface area contributed by atoms with E-state index in [1.165, 1.54) is 0 Å². The molecule has 0 aromatic rings. The molecule has 2 fully saturated rings. The van der Waals surface area contributed by atoms with E-state index in [0.29, 0.717) is 13.1 Å². The monoisotopic (exact) mass is 290 g/mol. The van der Waals surface area contributed by atoms with Crippen LogP contribution in [0.5, 0.6) is 0 Å². The van der Waals surface area contributed by atoms with Crippen LogP contribution >= 0.6 is 0 Å². The first-order valence-electron chi connectivity index (χ1n) is 6.78. The maximum atomic E-state index is 11.9. The van der Waals surface area contributed by atoms with Gasteiger partial charge < -0.3 is 10.0 Å². The molecule has 7 heteroatoms. The minimum atomic E-state index is -3.54. The first kappa shape index (κ1) is 14.7. The van der Waals surface area contributed by atoms with Crippen molar-refractivity contribution in [2.45, 2.75) is 44.1 Å². The molecule has 1 aliphatic heterocycles. The Morgan fingerprint density at radius 3 is 2.53 bits per heavy atom. The summed E-state index contributed by atoms with van der Waals surface area (Å²) in [6.07, 6.45) is 4.75. The Morgan fingerprint density at radius 2 is 1.95 bits per heavy atom. The summed E-state index contributed by atoms with van der Waals surface area (Å²) in [6.45, 7) is 0.713. The zero-order chi connectivity index (χ0) is 14.1. The van der Waals surface area contributed by atoms with Crippen LogP contribution in [0.25, 0.3) is 0 Å². The van der Waals surface area contributed by atoms with E-state index < -0.39 is 15.6 Å². The molecule has 1 aliphatic carbocycles. The van der Waals surface area contributed by atoms with Gasteiger partial charge in [0, 0.05) is 25.4 Å². The lowest BCUT2D eigenvalue weighted by molar-refractivity contribution is -0.131. The molecule has 2 aliphatic rings. The fourth-order valence-corrected chi connectivity index (χ4v) is 4.05. The normalized spacial score (nSPS) is 27.8. The molecule has 0 radical (unpaired) electrons. The topological polar surface area (TPSA) is 101 Å². The van der Waals surface area contributed by atoms with Crippen molar-refractivity contribution in [3.8, 4) is 0 Å². The predicted octanol–water partition coefficient (Wildman–Crippen LogP) is -0.181. The van der Waals surface area contributed by atoms with Gasteiger partial charge in [-0.1, -0.05) is 19.3 Å². The van der Waals surface area contributed by atoms with Crippen LogP contribution in [-0.2, 0) is 14.8 Å². The number of sulfonamides is 1. The summed E-state index contributed by atoms with van der Waals surface area (Å²) in [5.74, 6) is -0.476. The minimum Gasteiger partial charge on any atom is -0.388 e. The van der Waals surface area contributed by atoms with Crippen molar-refractivity contribution >= 4 is 15.9 Å². The largest absolute Gasteiger partial charge is 0.388 e. The highest BCUT2D eigenvalue weighted by molar-refractivity contribution is 7.89. The summed E-state index contributed by atoms with van der Waals surface area (Å²) in [7, 11) is -3.54. The number of hydrogen-bond donors (Lipinski definition) is 2. The predicted molar refractivity (Wildman–Crippen MR) is 70.7 cm³/mol. The molecule has 1 heterocycles. The Balaban J connectivity index is 1.93. The summed E-state index contributed by atoms with van der Waals surface area (Å²) in [5.41, 5.74) is -0.787. The van der Waals surface area contributed by atoms with E-state index in [4.69, 9.17) is 5.14 Å². The summed E-state index contributed by atoms with van der Waals surface area (Å²) >= 11 is 0. The lowest BCUT2D eigenvalue weighted by Crippen LogP contribution is -2.45. The molecular formula is C12H22N2O4S. The van der Waals surface area contributed by atoms with Gasteiger partial charge in [-0.05, 0) is 12.8 Å². The SMILES string of the molecule is NS(=O)(=O)CC1CC(=O)N(CC2(O)CCCCC2)C1. The van der Waals surface area contributed by atoms with Crippen molar-refractivity contribution in [2.24, 2.45) is 11.1 Å². The van der Waals surface area contributed by atoms with E-state index in [0.717, 1.165) is 32.1 Å². The van der Waals surface area contributed by atoms with Crippen LogP contribution in [0.4, 0.5) is 0 Å². The van der Waals surface area contributed by atoms with Gasteiger partial charge >= 0.3 is 0 Å². The van der Waals surface area contributed by atoms with E-state index in [1.54, 1.807) is 4.90 Å². The number of likely N-dealkylation sites (tertiary alicyclic amines) is 1. The average molecular weight is 290 g/mol. The van der Waals surface area contributed by atoms with Gasteiger partial charge in [0.05, 0.1) is 11.4 Å². The van der Waals surface area contributed by atoms with Crippen molar-refractivity contribution in [1.29, 1.82) is 0 Å². The molecular weight excluding hydrogens is 268 g/mol.